The quantitative estimate of drug-likeness (QED) is 0.571. The Morgan fingerprint density at radius 1 is 1.50 bits per heavy atom. The van der Waals surface area contributed by atoms with E-state index in [1.807, 2.05) is 6.92 Å². The average Bonchev–Trinajstić information content (AvgIpc) is 2.14. The first-order chi connectivity index (χ1) is 3.84. The van der Waals surface area contributed by atoms with E-state index < -0.39 is 0 Å². The summed E-state index contributed by atoms with van der Waals surface area (Å²) in [5.41, 5.74) is 2.31. The molecule has 3 heteroatoms. The molecule has 1 heterocycles. The molecule has 0 aliphatic carbocycles. The maximum Gasteiger partial charge on any atom is 0.0672 e. The molecule has 0 aliphatic heterocycles. The first kappa shape index (κ1) is 5.77. The topological polar surface area (TPSA) is 25.8 Å². The van der Waals surface area contributed by atoms with Gasteiger partial charge in [-0.25, -0.2) is 9.49 Å². The van der Waals surface area contributed by atoms with Crippen molar-refractivity contribution in [1.29, 1.82) is 0 Å². The summed E-state index contributed by atoms with van der Waals surface area (Å²) in [6.45, 7) is 4.12. The third-order valence-electron chi connectivity index (χ3n) is 1.16. The summed E-state index contributed by atoms with van der Waals surface area (Å²) in [5.74, 6) is 0. The molecular weight excluding hydrogens is 119 g/mol. The van der Waals surface area contributed by atoms with Crippen molar-refractivity contribution in [2.75, 3.05) is 0 Å². The lowest BCUT2D eigenvalue weighted by Crippen LogP contribution is -1.81. The lowest BCUT2D eigenvalue weighted by molar-refractivity contribution is 1.05. The van der Waals surface area contributed by atoms with Gasteiger partial charge in [-0.2, -0.15) is 0 Å². The van der Waals surface area contributed by atoms with E-state index in [2.05, 4.69) is 16.4 Å². The monoisotopic (exact) mass is 128 g/mol. The van der Waals surface area contributed by atoms with Gasteiger partial charge in [0.15, 0.2) is 0 Å². The van der Waals surface area contributed by atoms with Crippen molar-refractivity contribution in [3.8, 4) is 0 Å². The second kappa shape index (κ2) is 2.27. The maximum absolute atomic E-state index is 4.18. The summed E-state index contributed by atoms with van der Waals surface area (Å²) in [4.78, 5) is 0. The largest absolute Gasteiger partial charge is 0.225 e. The van der Waals surface area contributed by atoms with Crippen LogP contribution in [0.1, 0.15) is 18.3 Å². The van der Waals surface area contributed by atoms with Crippen LogP contribution in [0.4, 0.5) is 0 Å². The van der Waals surface area contributed by atoms with Gasteiger partial charge in [0.1, 0.15) is 0 Å². The summed E-state index contributed by atoms with van der Waals surface area (Å²) in [5, 5.41) is 0. The molecule has 0 saturated carbocycles. The van der Waals surface area contributed by atoms with E-state index in [0.29, 0.717) is 8.51 Å². The molecule has 0 fully saturated rings. The van der Waals surface area contributed by atoms with Gasteiger partial charge in [0.2, 0.25) is 0 Å². The Morgan fingerprint density at radius 2 is 2.25 bits per heavy atom. The Kier molecular flexibility index (Phi) is 1.64. The Morgan fingerprint density at radius 3 is 2.50 bits per heavy atom. The van der Waals surface area contributed by atoms with Gasteiger partial charge in [0, 0.05) is 0 Å². The third kappa shape index (κ3) is 0.896. The lowest BCUT2D eigenvalue weighted by Gasteiger charge is -1.84. The van der Waals surface area contributed by atoms with Crippen LogP contribution in [0.25, 0.3) is 0 Å². The van der Waals surface area contributed by atoms with Crippen molar-refractivity contribution in [1.82, 2.24) is 9.49 Å². The van der Waals surface area contributed by atoms with Crippen LogP contribution >= 0.6 is 8.51 Å². The highest BCUT2D eigenvalue weighted by atomic mass is 31.1. The molecule has 0 aliphatic rings. The standard InChI is InChI=1S/C5H9N2P/c1-3-5-4(2)6-8-7-5/h8H,3H2,1-2H3. The van der Waals surface area contributed by atoms with Gasteiger partial charge in [-0.3, -0.25) is 0 Å². The fourth-order valence-electron chi connectivity index (χ4n) is 0.641. The molecule has 0 aromatic carbocycles. The zero-order chi connectivity index (χ0) is 5.98. The summed E-state index contributed by atoms with van der Waals surface area (Å²) in [6.07, 6.45) is 1.03. The van der Waals surface area contributed by atoms with E-state index in [0.717, 1.165) is 12.1 Å². The van der Waals surface area contributed by atoms with Gasteiger partial charge in [-0.1, -0.05) is 6.92 Å². The number of aromatic nitrogens is 2. The van der Waals surface area contributed by atoms with E-state index in [1.54, 1.807) is 0 Å². The number of hydrogen-bond donors (Lipinski definition) is 0. The zero-order valence-electron chi connectivity index (χ0n) is 5.10. The molecule has 0 radical (unpaired) electrons. The first-order valence-corrected chi connectivity index (χ1v) is 3.60. The minimum atomic E-state index is 0.452. The van der Waals surface area contributed by atoms with Gasteiger partial charge in [0.05, 0.1) is 19.9 Å². The molecule has 0 amide bonds. The second-order valence-electron chi connectivity index (χ2n) is 1.71. The highest BCUT2D eigenvalue weighted by Gasteiger charge is 1.95. The average molecular weight is 128 g/mol. The summed E-state index contributed by atoms with van der Waals surface area (Å²) in [6, 6.07) is 0. The van der Waals surface area contributed by atoms with E-state index in [4.69, 9.17) is 0 Å². The minimum Gasteiger partial charge on any atom is -0.225 e. The first-order valence-electron chi connectivity index (χ1n) is 2.71. The Balaban J connectivity index is 2.92. The Labute approximate surface area is 50.6 Å². The molecule has 1 atom stereocenters. The van der Waals surface area contributed by atoms with Gasteiger partial charge >= 0.3 is 0 Å². The van der Waals surface area contributed by atoms with E-state index in [1.165, 1.54) is 5.69 Å². The summed E-state index contributed by atoms with van der Waals surface area (Å²) in [7, 11) is 0.452. The molecule has 0 bridgehead atoms. The SMILES string of the molecule is CCc1n[pH]nc1C. The third-order valence-corrected chi connectivity index (χ3v) is 1.96. The fraction of sp³-hybridized carbons (Fsp3) is 0.600. The minimum absolute atomic E-state index is 0.452. The van der Waals surface area contributed by atoms with E-state index >= 15 is 0 Å². The summed E-state index contributed by atoms with van der Waals surface area (Å²) >= 11 is 0. The number of rotatable bonds is 1. The van der Waals surface area contributed by atoms with Crippen LogP contribution in [0.15, 0.2) is 0 Å². The Hall–Kier alpha value is -0.360. The molecule has 0 N–H and O–H groups in total. The number of hydrogen-bond acceptors (Lipinski definition) is 2. The van der Waals surface area contributed by atoms with Crippen molar-refractivity contribution in [3.05, 3.63) is 11.4 Å². The van der Waals surface area contributed by atoms with Crippen LogP contribution in [-0.4, -0.2) is 9.49 Å². The zero-order valence-corrected chi connectivity index (χ0v) is 6.10. The molecule has 8 heavy (non-hydrogen) atoms. The van der Waals surface area contributed by atoms with Crippen LogP contribution in [0.3, 0.4) is 0 Å². The van der Waals surface area contributed by atoms with Crippen molar-refractivity contribution in [2.45, 2.75) is 20.3 Å². The smallest absolute Gasteiger partial charge is 0.0672 e. The van der Waals surface area contributed by atoms with Gasteiger partial charge < -0.3 is 0 Å². The van der Waals surface area contributed by atoms with Gasteiger partial charge in [-0.05, 0) is 13.3 Å². The molecule has 0 spiro atoms. The fourth-order valence-corrected chi connectivity index (χ4v) is 1.41. The predicted octanol–water partition coefficient (Wildman–Crippen LogP) is 1.38. The van der Waals surface area contributed by atoms with Crippen molar-refractivity contribution >= 4 is 8.51 Å². The molecular formula is C5H9N2P. The normalized spacial score (nSPS) is 10.8. The molecule has 1 aromatic rings. The highest BCUT2D eigenvalue weighted by Crippen LogP contribution is 2.06. The van der Waals surface area contributed by atoms with Crippen LogP contribution in [0.2, 0.25) is 0 Å². The number of aryl methyl sites for hydroxylation is 2. The second-order valence-corrected chi connectivity index (χ2v) is 2.36. The molecule has 44 valence electrons. The predicted molar refractivity (Wildman–Crippen MR) is 35.6 cm³/mol. The van der Waals surface area contributed by atoms with Crippen LogP contribution in [0.5, 0.6) is 0 Å². The van der Waals surface area contributed by atoms with Gasteiger partial charge in [0.25, 0.3) is 0 Å². The lowest BCUT2D eigenvalue weighted by atomic mass is 10.3. The van der Waals surface area contributed by atoms with Crippen LogP contribution in [0, 0.1) is 6.92 Å². The molecule has 1 unspecified atom stereocenters. The molecule has 1 aromatic heterocycles. The van der Waals surface area contributed by atoms with Crippen LogP contribution in [-0.2, 0) is 6.42 Å². The Bertz CT molecular complexity index is 171. The maximum atomic E-state index is 4.18. The van der Waals surface area contributed by atoms with Gasteiger partial charge in [-0.15, -0.1) is 0 Å². The summed E-state index contributed by atoms with van der Waals surface area (Å²) < 4.78 is 8.31. The van der Waals surface area contributed by atoms with Crippen LogP contribution < -0.4 is 0 Å². The molecule has 1 rings (SSSR count). The van der Waals surface area contributed by atoms with Crippen molar-refractivity contribution in [3.63, 3.8) is 0 Å². The van der Waals surface area contributed by atoms with Crippen molar-refractivity contribution < 1.29 is 0 Å². The van der Waals surface area contributed by atoms with E-state index in [-0.39, 0.29) is 0 Å². The highest BCUT2D eigenvalue weighted by molar-refractivity contribution is 7.20. The molecule has 0 saturated heterocycles. The van der Waals surface area contributed by atoms with E-state index in [9.17, 15) is 0 Å². The number of nitrogens with zero attached hydrogens (tertiary/aromatic N) is 2. The van der Waals surface area contributed by atoms with Crippen molar-refractivity contribution in [2.24, 2.45) is 0 Å². The molecule has 2 nitrogen and oxygen atoms in total.